The first-order valence-electron chi connectivity index (χ1n) is 11.0. The molecule has 1 aliphatic heterocycles. The van der Waals surface area contributed by atoms with Crippen LogP contribution in [0.4, 0.5) is 17.6 Å². The lowest BCUT2D eigenvalue weighted by Gasteiger charge is -2.37. The van der Waals surface area contributed by atoms with Crippen molar-refractivity contribution in [1.82, 2.24) is 4.90 Å². The number of ether oxygens (including phenoxy) is 2. The fourth-order valence-electron chi connectivity index (χ4n) is 4.88. The van der Waals surface area contributed by atoms with E-state index in [0.29, 0.717) is 56.0 Å². The van der Waals surface area contributed by atoms with E-state index in [-0.39, 0.29) is 12.2 Å². The molecule has 0 spiro atoms. The molecule has 8 heteroatoms. The number of piperidine rings is 1. The summed E-state index contributed by atoms with van der Waals surface area (Å²) in [5, 5.41) is 0. The Hall–Kier alpha value is -2.61. The van der Waals surface area contributed by atoms with E-state index in [1.807, 2.05) is 4.90 Å². The third-order valence-corrected chi connectivity index (χ3v) is 6.76. The second-order valence-electron chi connectivity index (χ2n) is 8.96. The van der Waals surface area contributed by atoms with Gasteiger partial charge in [-0.3, -0.25) is 9.69 Å². The van der Waals surface area contributed by atoms with E-state index in [4.69, 9.17) is 9.47 Å². The van der Waals surface area contributed by atoms with Crippen molar-refractivity contribution >= 4 is 5.78 Å². The van der Waals surface area contributed by atoms with Crippen LogP contribution in [0.25, 0.3) is 0 Å². The zero-order valence-electron chi connectivity index (χ0n) is 18.7. The molecule has 0 saturated carbocycles. The number of halogens is 4. The number of carbonyl (C=O) groups excluding carboxylic acids is 1. The SMILES string of the molecule is COc1cc2c(cc1OC)C(=O)C(CC1(F)CCN(Cc3ccc(C(F)(F)F)cc3)CC1)C2. The number of likely N-dealkylation sites (tertiary alicyclic amines) is 1. The Kier molecular flexibility index (Phi) is 6.40. The molecule has 1 saturated heterocycles. The van der Waals surface area contributed by atoms with Gasteiger partial charge in [0.15, 0.2) is 17.3 Å². The Bertz CT molecular complexity index is 1010. The van der Waals surface area contributed by atoms with E-state index in [1.165, 1.54) is 26.4 Å². The van der Waals surface area contributed by atoms with Crippen LogP contribution in [0.1, 0.15) is 46.3 Å². The Morgan fingerprint density at radius 2 is 1.64 bits per heavy atom. The number of nitrogens with zero attached hydrogens (tertiary/aromatic N) is 1. The number of hydrogen-bond donors (Lipinski definition) is 0. The van der Waals surface area contributed by atoms with E-state index in [9.17, 15) is 18.0 Å². The Morgan fingerprint density at radius 1 is 1.03 bits per heavy atom. The first kappa shape index (κ1) is 23.5. The van der Waals surface area contributed by atoms with Crippen molar-refractivity contribution < 1.29 is 31.8 Å². The summed E-state index contributed by atoms with van der Waals surface area (Å²) in [5.74, 6) is 0.562. The van der Waals surface area contributed by atoms with Gasteiger partial charge in [0.25, 0.3) is 0 Å². The summed E-state index contributed by atoms with van der Waals surface area (Å²) in [5.41, 5.74) is 0.0727. The minimum atomic E-state index is -4.36. The average Bonchev–Trinajstić information content (AvgIpc) is 3.08. The van der Waals surface area contributed by atoms with Gasteiger partial charge in [-0.25, -0.2) is 4.39 Å². The molecule has 2 aromatic rings. The number of fused-ring (bicyclic) bond motifs is 1. The number of benzene rings is 2. The number of Topliss-reactive ketones (excluding diaryl/α,β-unsaturated/α-hetero) is 1. The topological polar surface area (TPSA) is 38.8 Å². The highest BCUT2D eigenvalue weighted by atomic mass is 19.4. The van der Waals surface area contributed by atoms with Gasteiger partial charge in [-0.1, -0.05) is 12.1 Å². The van der Waals surface area contributed by atoms with Crippen LogP contribution in [0, 0.1) is 5.92 Å². The molecule has 0 amide bonds. The molecule has 0 radical (unpaired) electrons. The maximum Gasteiger partial charge on any atom is 0.416 e. The number of carbonyl (C=O) groups is 1. The first-order valence-corrected chi connectivity index (χ1v) is 11.0. The number of methoxy groups -OCH3 is 2. The number of ketones is 1. The maximum absolute atomic E-state index is 15.7. The second-order valence-corrected chi connectivity index (χ2v) is 8.96. The van der Waals surface area contributed by atoms with Gasteiger partial charge in [0.2, 0.25) is 0 Å². The van der Waals surface area contributed by atoms with Crippen LogP contribution in [0.5, 0.6) is 11.5 Å². The van der Waals surface area contributed by atoms with Crippen molar-refractivity contribution in [3.05, 3.63) is 58.7 Å². The van der Waals surface area contributed by atoms with Gasteiger partial charge in [-0.15, -0.1) is 0 Å². The van der Waals surface area contributed by atoms with Crippen LogP contribution in [0.2, 0.25) is 0 Å². The van der Waals surface area contributed by atoms with Crippen molar-refractivity contribution in [2.45, 2.75) is 44.1 Å². The highest BCUT2D eigenvalue weighted by Crippen LogP contribution is 2.42. The van der Waals surface area contributed by atoms with Gasteiger partial charge < -0.3 is 9.47 Å². The highest BCUT2D eigenvalue weighted by Gasteiger charge is 2.42. The third-order valence-electron chi connectivity index (χ3n) is 6.76. The normalized spacial score (nSPS) is 20.5. The summed E-state index contributed by atoms with van der Waals surface area (Å²) in [6, 6.07) is 8.56. The number of rotatable bonds is 6. The van der Waals surface area contributed by atoms with Gasteiger partial charge >= 0.3 is 6.18 Å². The van der Waals surface area contributed by atoms with Gasteiger partial charge in [-0.05, 0) is 61.1 Å². The van der Waals surface area contributed by atoms with E-state index >= 15 is 4.39 Å². The Labute approximate surface area is 190 Å². The van der Waals surface area contributed by atoms with E-state index < -0.39 is 23.3 Å². The first-order chi connectivity index (χ1) is 15.6. The molecular weight excluding hydrogens is 438 g/mol. The third kappa shape index (κ3) is 5.00. The molecule has 2 aliphatic rings. The van der Waals surface area contributed by atoms with Crippen LogP contribution in [-0.4, -0.2) is 43.7 Å². The van der Waals surface area contributed by atoms with E-state index in [0.717, 1.165) is 23.3 Å². The largest absolute Gasteiger partial charge is 0.493 e. The fourth-order valence-corrected chi connectivity index (χ4v) is 4.88. The molecule has 1 fully saturated rings. The summed E-state index contributed by atoms with van der Waals surface area (Å²) in [6.07, 6.45) is -3.12. The minimum Gasteiger partial charge on any atom is -0.493 e. The molecule has 33 heavy (non-hydrogen) atoms. The summed E-state index contributed by atoms with van der Waals surface area (Å²) >= 11 is 0. The quantitative estimate of drug-likeness (QED) is 0.531. The Morgan fingerprint density at radius 3 is 2.21 bits per heavy atom. The van der Waals surface area contributed by atoms with Crippen LogP contribution < -0.4 is 9.47 Å². The lowest BCUT2D eigenvalue weighted by molar-refractivity contribution is -0.137. The van der Waals surface area contributed by atoms with Gasteiger partial charge in [-0.2, -0.15) is 13.2 Å². The number of alkyl halides is 4. The summed E-state index contributed by atoms with van der Waals surface area (Å²) < 4.78 is 64.5. The minimum absolute atomic E-state index is 0.0600. The molecule has 0 N–H and O–H groups in total. The van der Waals surface area contributed by atoms with E-state index in [1.54, 1.807) is 12.1 Å². The zero-order chi connectivity index (χ0) is 23.8. The van der Waals surface area contributed by atoms with Crippen molar-refractivity contribution in [3.8, 4) is 11.5 Å². The molecule has 4 nitrogen and oxygen atoms in total. The molecule has 0 bridgehead atoms. The summed E-state index contributed by atoms with van der Waals surface area (Å²) in [6.45, 7) is 1.46. The molecular formula is C25H27F4NO3. The highest BCUT2D eigenvalue weighted by molar-refractivity contribution is 6.03. The fraction of sp³-hybridized carbons (Fsp3) is 0.480. The smallest absolute Gasteiger partial charge is 0.416 e. The molecule has 0 aromatic heterocycles. The summed E-state index contributed by atoms with van der Waals surface area (Å²) in [4.78, 5) is 15.0. The monoisotopic (exact) mass is 465 g/mol. The standard InChI is InChI=1S/C25H27F4NO3/c1-32-21-12-17-11-18(23(31)20(17)13-22(21)33-2)14-24(26)7-9-30(10-8-24)15-16-3-5-19(6-4-16)25(27,28)29/h3-6,12-13,18H,7-11,14-15H2,1-2H3. The van der Waals surface area contributed by atoms with Crippen molar-refractivity contribution in [1.29, 1.82) is 0 Å². The van der Waals surface area contributed by atoms with Crippen LogP contribution in [-0.2, 0) is 19.1 Å². The van der Waals surface area contributed by atoms with Crippen LogP contribution in [0.3, 0.4) is 0 Å². The zero-order valence-corrected chi connectivity index (χ0v) is 18.7. The second kappa shape index (κ2) is 8.97. The van der Waals surface area contributed by atoms with Gasteiger partial charge in [0.05, 0.1) is 19.8 Å². The van der Waals surface area contributed by atoms with Crippen molar-refractivity contribution in [2.75, 3.05) is 27.3 Å². The molecule has 1 aliphatic carbocycles. The average molecular weight is 465 g/mol. The van der Waals surface area contributed by atoms with Gasteiger partial charge in [0, 0.05) is 31.1 Å². The lowest BCUT2D eigenvalue weighted by atomic mass is 9.82. The predicted octanol–water partition coefficient (Wildman–Crippen LogP) is 5.47. The summed E-state index contributed by atoms with van der Waals surface area (Å²) in [7, 11) is 3.05. The van der Waals surface area contributed by atoms with Crippen LogP contribution >= 0.6 is 0 Å². The van der Waals surface area contributed by atoms with Crippen molar-refractivity contribution in [3.63, 3.8) is 0 Å². The Balaban J connectivity index is 1.35. The lowest BCUT2D eigenvalue weighted by Crippen LogP contribution is -2.42. The van der Waals surface area contributed by atoms with Crippen LogP contribution in [0.15, 0.2) is 36.4 Å². The molecule has 178 valence electrons. The van der Waals surface area contributed by atoms with Gasteiger partial charge in [0.1, 0.15) is 5.67 Å². The number of hydrogen-bond acceptors (Lipinski definition) is 4. The van der Waals surface area contributed by atoms with E-state index in [2.05, 4.69) is 0 Å². The molecule has 1 heterocycles. The van der Waals surface area contributed by atoms with Crippen molar-refractivity contribution in [2.24, 2.45) is 5.92 Å². The predicted molar refractivity (Wildman–Crippen MR) is 115 cm³/mol. The molecule has 4 rings (SSSR count). The molecule has 1 unspecified atom stereocenters. The molecule has 1 atom stereocenters. The molecule has 2 aromatic carbocycles. The maximum atomic E-state index is 15.7.